The summed E-state index contributed by atoms with van der Waals surface area (Å²) in [7, 11) is 0. The van der Waals surface area contributed by atoms with Gasteiger partial charge in [0.2, 0.25) is 6.10 Å². The lowest BCUT2D eigenvalue weighted by molar-refractivity contribution is -0.147. The lowest BCUT2D eigenvalue weighted by Gasteiger charge is -2.24. The number of aliphatic hydroxyl groups excluding tert-OH is 1. The molecule has 0 spiro atoms. The second kappa shape index (κ2) is 10.1. The standard InChI is InChI=1S/C20H22Cl2N2O6/c21-14-6-13(7-15(22)19(14)23)28-9-12(25)8-24-4-3-11-1-2-16-17(5-11)29-10-18(30-16)20(26)27/h1-2,5-7,12,18,24-25H,3-4,8-10,23H2,(H,26,27). The first-order valence-corrected chi connectivity index (χ1v) is 10.0. The van der Waals surface area contributed by atoms with Crippen molar-refractivity contribution in [2.24, 2.45) is 0 Å². The van der Waals surface area contributed by atoms with Crippen LogP contribution in [0.3, 0.4) is 0 Å². The van der Waals surface area contributed by atoms with Gasteiger partial charge in [0.05, 0.1) is 15.7 Å². The van der Waals surface area contributed by atoms with E-state index in [1.54, 1.807) is 18.2 Å². The molecule has 0 bridgehead atoms. The van der Waals surface area contributed by atoms with Crippen molar-refractivity contribution >= 4 is 34.9 Å². The number of benzene rings is 2. The molecule has 2 aromatic rings. The number of carboxylic acids is 1. The number of rotatable bonds is 9. The first-order chi connectivity index (χ1) is 14.3. The number of carbonyl (C=O) groups is 1. The van der Waals surface area contributed by atoms with E-state index in [-0.39, 0.29) is 18.9 Å². The van der Waals surface area contributed by atoms with E-state index < -0.39 is 18.2 Å². The molecule has 0 fully saturated rings. The van der Waals surface area contributed by atoms with E-state index in [4.69, 9.17) is 48.3 Å². The molecular formula is C20H22Cl2N2O6. The van der Waals surface area contributed by atoms with Crippen LogP contribution in [0.1, 0.15) is 5.56 Å². The number of hydrogen-bond acceptors (Lipinski definition) is 7. The molecule has 0 radical (unpaired) electrons. The van der Waals surface area contributed by atoms with Crippen LogP contribution in [-0.4, -0.2) is 54.7 Å². The maximum Gasteiger partial charge on any atom is 0.348 e. The Balaban J connectivity index is 1.39. The van der Waals surface area contributed by atoms with Gasteiger partial charge in [0.1, 0.15) is 25.1 Å². The van der Waals surface area contributed by atoms with Gasteiger partial charge in [0.15, 0.2) is 11.5 Å². The van der Waals surface area contributed by atoms with Crippen LogP contribution < -0.4 is 25.3 Å². The van der Waals surface area contributed by atoms with Gasteiger partial charge in [-0.3, -0.25) is 0 Å². The molecular weight excluding hydrogens is 435 g/mol. The monoisotopic (exact) mass is 456 g/mol. The van der Waals surface area contributed by atoms with Gasteiger partial charge in [-0.25, -0.2) is 4.79 Å². The Hall–Kier alpha value is -2.39. The van der Waals surface area contributed by atoms with Gasteiger partial charge in [0, 0.05) is 18.7 Å². The minimum absolute atomic E-state index is 0.0271. The van der Waals surface area contributed by atoms with Crippen molar-refractivity contribution in [3.8, 4) is 17.2 Å². The van der Waals surface area contributed by atoms with E-state index in [1.807, 2.05) is 12.1 Å². The summed E-state index contributed by atoms with van der Waals surface area (Å²) >= 11 is 11.9. The fourth-order valence-electron chi connectivity index (χ4n) is 2.79. The van der Waals surface area contributed by atoms with Crippen molar-refractivity contribution in [2.75, 3.05) is 32.0 Å². The van der Waals surface area contributed by atoms with Gasteiger partial charge in [-0.05, 0) is 30.7 Å². The number of carboxylic acid groups (broad SMARTS) is 1. The molecule has 162 valence electrons. The zero-order chi connectivity index (χ0) is 21.7. The summed E-state index contributed by atoms with van der Waals surface area (Å²) in [5.41, 5.74) is 6.96. The molecule has 30 heavy (non-hydrogen) atoms. The third-order valence-corrected chi connectivity index (χ3v) is 5.03. The molecule has 0 amide bonds. The highest BCUT2D eigenvalue weighted by Crippen LogP contribution is 2.33. The van der Waals surface area contributed by atoms with E-state index in [0.29, 0.717) is 46.8 Å². The maximum atomic E-state index is 11.0. The molecule has 2 unspecified atom stereocenters. The van der Waals surface area contributed by atoms with E-state index in [1.165, 1.54) is 0 Å². The van der Waals surface area contributed by atoms with Gasteiger partial charge in [0.25, 0.3) is 0 Å². The van der Waals surface area contributed by atoms with Gasteiger partial charge in [-0.2, -0.15) is 0 Å². The van der Waals surface area contributed by atoms with Crippen LogP contribution in [-0.2, 0) is 11.2 Å². The number of nitrogens with one attached hydrogen (secondary N) is 1. The van der Waals surface area contributed by atoms with Crippen molar-refractivity contribution < 1.29 is 29.2 Å². The maximum absolute atomic E-state index is 11.0. The van der Waals surface area contributed by atoms with Gasteiger partial charge in [-0.1, -0.05) is 29.3 Å². The van der Waals surface area contributed by atoms with E-state index in [0.717, 1.165) is 5.56 Å². The summed E-state index contributed by atoms with van der Waals surface area (Å²) in [4.78, 5) is 11.0. The summed E-state index contributed by atoms with van der Waals surface area (Å²) < 4.78 is 16.4. The molecule has 10 heteroatoms. The number of fused-ring (bicyclic) bond motifs is 1. The SMILES string of the molecule is Nc1c(Cl)cc(OCC(O)CNCCc2ccc3c(c2)OCC(C(=O)O)O3)cc1Cl. The zero-order valence-corrected chi connectivity index (χ0v) is 17.4. The molecule has 0 aromatic heterocycles. The largest absolute Gasteiger partial charge is 0.491 e. The Morgan fingerprint density at radius 1 is 1.27 bits per heavy atom. The van der Waals surface area contributed by atoms with Crippen LogP contribution in [0.15, 0.2) is 30.3 Å². The quantitative estimate of drug-likeness (QED) is 0.334. The van der Waals surface area contributed by atoms with E-state index >= 15 is 0 Å². The van der Waals surface area contributed by atoms with Gasteiger partial charge in [-0.15, -0.1) is 0 Å². The first-order valence-electron chi connectivity index (χ1n) is 9.24. The molecule has 1 aliphatic heterocycles. The zero-order valence-electron chi connectivity index (χ0n) is 15.9. The molecule has 2 aromatic carbocycles. The molecule has 3 rings (SSSR count). The fourth-order valence-corrected chi connectivity index (χ4v) is 3.26. The highest BCUT2D eigenvalue weighted by Gasteiger charge is 2.27. The smallest absolute Gasteiger partial charge is 0.348 e. The summed E-state index contributed by atoms with van der Waals surface area (Å²) in [5, 5.41) is 22.8. The molecule has 8 nitrogen and oxygen atoms in total. The number of nitrogen functional groups attached to an aromatic ring is 1. The predicted molar refractivity (Wildman–Crippen MR) is 113 cm³/mol. The second-order valence-corrected chi connectivity index (χ2v) is 7.57. The number of ether oxygens (including phenoxy) is 3. The molecule has 5 N–H and O–H groups in total. The second-order valence-electron chi connectivity index (χ2n) is 6.76. The van der Waals surface area contributed by atoms with Crippen molar-refractivity contribution in [1.29, 1.82) is 0 Å². The van der Waals surface area contributed by atoms with Crippen molar-refractivity contribution in [3.63, 3.8) is 0 Å². The lowest BCUT2D eigenvalue weighted by atomic mass is 10.1. The molecule has 1 aliphatic rings. The van der Waals surface area contributed by atoms with Crippen LogP contribution >= 0.6 is 23.2 Å². The fraction of sp³-hybridized carbons (Fsp3) is 0.350. The average molecular weight is 457 g/mol. The van der Waals surface area contributed by atoms with Crippen molar-refractivity contribution in [3.05, 3.63) is 45.9 Å². The summed E-state index contributed by atoms with van der Waals surface area (Å²) in [6, 6.07) is 8.46. The molecule has 0 aliphatic carbocycles. The van der Waals surface area contributed by atoms with Crippen LogP contribution in [0.5, 0.6) is 17.2 Å². The van der Waals surface area contributed by atoms with E-state index in [9.17, 15) is 9.90 Å². The van der Waals surface area contributed by atoms with Crippen molar-refractivity contribution in [1.82, 2.24) is 5.32 Å². The Bertz CT molecular complexity index is 888. The summed E-state index contributed by atoms with van der Waals surface area (Å²) in [6.07, 6.45) is -1.03. The van der Waals surface area contributed by atoms with E-state index in [2.05, 4.69) is 5.32 Å². The third kappa shape index (κ3) is 5.82. The Morgan fingerprint density at radius 3 is 2.70 bits per heavy atom. The predicted octanol–water partition coefficient (Wildman–Crippen LogP) is 2.37. The van der Waals surface area contributed by atoms with Gasteiger partial charge < -0.3 is 35.5 Å². The summed E-state index contributed by atoms with van der Waals surface area (Å²) in [5.74, 6) is 0.318. The lowest BCUT2D eigenvalue weighted by Crippen LogP contribution is -2.36. The van der Waals surface area contributed by atoms with Crippen LogP contribution in [0.2, 0.25) is 10.0 Å². The van der Waals surface area contributed by atoms with Gasteiger partial charge >= 0.3 is 5.97 Å². The molecule has 1 heterocycles. The summed E-state index contributed by atoms with van der Waals surface area (Å²) in [6.45, 7) is 0.994. The first kappa shape index (κ1) is 22.3. The Kier molecular flexibility index (Phi) is 7.49. The topological polar surface area (TPSA) is 123 Å². The van der Waals surface area contributed by atoms with Crippen LogP contribution in [0.25, 0.3) is 0 Å². The minimum Gasteiger partial charge on any atom is -0.491 e. The van der Waals surface area contributed by atoms with Crippen LogP contribution in [0, 0.1) is 0 Å². The normalized spacial score (nSPS) is 16.2. The van der Waals surface area contributed by atoms with Crippen LogP contribution in [0.4, 0.5) is 5.69 Å². The molecule has 0 saturated heterocycles. The number of halogens is 2. The number of aliphatic hydroxyl groups is 1. The minimum atomic E-state index is -1.06. The number of anilines is 1. The van der Waals surface area contributed by atoms with Crippen molar-refractivity contribution in [2.45, 2.75) is 18.6 Å². The highest BCUT2D eigenvalue weighted by atomic mass is 35.5. The number of hydrogen-bond donors (Lipinski definition) is 4. The molecule has 0 saturated carbocycles. The Labute approximate surface area is 183 Å². The number of nitrogens with two attached hydrogens (primary N) is 1. The number of aliphatic carboxylic acids is 1. The highest BCUT2D eigenvalue weighted by molar-refractivity contribution is 6.39. The average Bonchev–Trinajstić information content (AvgIpc) is 2.72. The third-order valence-electron chi connectivity index (χ3n) is 4.41. The molecule has 2 atom stereocenters. The Morgan fingerprint density at radius 2 is 2.00 bits per heavy atom.